The number of carbonyl (C=O) groups excluding carboxylic acids is 1. The van der Waals surface area contributed by atoms with E-state index in [1.807, 2.05) is 0 Å². The lowest BCUT2D eigenvalue weighted by molar-refractivity contribution is 0.0595. The summed E-state index contributed by atoms with van der Waals surface area (Å²) in [4.78, 5) is 20.2. The highest BCUT2D eigenvalue weighted by atomic mass is 35.5. The summed E-state index contributed by atoms with van der Waals surface area (Å²) in [6.45, 7) is 0. The molecule has 2 aromatic rings. The van der Waals surface area contributed by atoms with Crippen LogP contribution in [-0.2, 0) is 26.1 Å². The molecular formula is C15H15ClN4O4S. The monoisotopic (exact) mass is 382 g/mol. The van der Waals surface area contributed by atoms with Crippen LogP contribution in [0.15, 0.2) is 18.2 Å². The second kappa shape index (κ2) is 6.49. The molecular weight excluding hydrogens is 368 g/mol. The second-order valence-electron chi connectivity index (χ2n) is 5.44. The van der Waals surface area contributed by atoms with Crippen LogP contribution in [0.3, 0.4) is 0 Å². The summed E-state index contributed by atoms with van der Waals surface area (Å²) in [5.74, 6) is -0.207. The first-order valence-corrected chi connectivity index (χ1v) is 9.46. The van der Waals surface area contributed by atoms with Gasteiger partial charge in [-0.2, -0.15) is 0 Å². The molecule has 10 heteroatoms. The first-order chi connectivity index (χ1) is 11.8. The van der Waals surface area contributed by atoms with Crippen molar-refractivity contribution in [3.8, 4) is 0 Å². The van der Waals surface area contributed by atoms with Gasteiger partial charge in [-0.15, -0.1) is 0 Å². The fourth-order valence-electron chi connectivity index (χ4n) is 2.54. The van der Waals surface area contributed by atoms with Gasteiger partial charge in [-0.1, -0.05) is 17.7 Å². The van der Waals surface area contributed by atoms with Crippen molar-refractivity contribution < 1.29 is 17.9 Å². The van der Waals surface area contributed by atoms with Gasteiger partial charge >= 0.3 is 5.97 Å². The number of rotatable bonds is 4. The Kier molecular flexibility index (Phi) is 4.53. The van der Waals surface area contributed by atoms with Crippen LogP contribution < -0.4 is 10.6 Å². The lowest BCUT2D eigenvalue weighted by Gasteiger charge is -2.12. The Morgan fingerprint density at radius 2 is 1.92 bits per heavy atom. The molecule has 1 aliphatic heterocycles. The third-order valence-electron chi connectivity index (χ3n) is 3.69. The van der Waals surface area contributed by atoms with Crippen LogP contribution in [0.2, 0.25) is 5.15 Å². The number of fused-ring (bicyclic) bond motifs is 1. The standard InChI is InChI=1S/C15H15ClN4O4S/c1-17-14-12(16)19-11(15(21)24-2)13(20-14)18-10-4-3-8-6-25(22,23)7-9(8)5-10/h3-5H,6-7H2,1-2H3,(H2,17,18,20). The number of aromatic nitrogens is 2. The van der Waals surface area contributed by atoms with Crippen LogP contribution in [0.1, 0.15) is 21.6 Å². The minimum atomic E-state index is -3.09. The number of halogens is 1. The molecule has 2 heterocycles. The highest BCUT2D eigenvalue weighted by molar-refractivity contribution is 7.90. The van der Waals surface area contributed by atoms with Crippen molar-refractivity contribution in [3.05, 3.63) is 40.2 Å². The fourth-order valence-corrected chi connectivity index (χ4v) is 4.36. The first kappa shape index (κ1) is 17.4. The lowest BCUT2D eigenvalue weighted by atomic mass is 10.1. The molecule has 0 amide bonds. The van der Waals surface area contributed by atoms with Crippen LogP contribution in [0.25, 0.3) is 0 Å². The predicted molar refractivity (Wildman–Crippen MR) is 94.0 cm³/mol. The van der Waals surface area contributed by atoms with E-state index in [0.717, 1.165) is 11.1 Å². The first-order valence-electron chi connectivity index (χ1n) is 7.26. The van der Waals surface area contributed by atoms with Crippen molar-refractivity contribution in [2.45, 2.75) is 11.5 Å². The Morgan fingerprint density at radius 3 is 2.60 bits per heavy atom. The van der Waals surface area contributed by atoms with E-state index >= 15 is 0 Å². The molecule has 2 N–H and O–H groups in total. The van der Waals surface area contributed by atoms with E-state index < -0.39 is 15.8 Å². The van der Waals surface area contributed by atoms with Crippen molar-refractivity contribution in [3.63, 3.8) is 0 Å². The Hall–Kier alpha value is -2.39. The van der Waals surface area contributed by atoms with Crippen LogP contribution in [0.4, 0.5) is 17.3 Å². The van der Waals surface area contributed by atoms with Crippen molar-refractivity contribution in [1.29, 1.82) is 0 Å². The smallest absolute Gasteiger partial charge is 0.360 e. The maximum absolute atomic E-state index is 11.9. The van der Waals surface area contributed by atoms with E-state index in [2.05, 4.69) is 20.6 Å². The second-order valence-corrected chi connectivity index (χ2v) is 7.87. The molecule has 0 unspecified atom stereocenters. The molecule has 1 aromatic carbocycles. The number of benzene rings is 1. The topological polar surface area (TPSA) is 110 Å². The quantitative estimate of drug-likeness (QED) is 0.774. The SMILES string of the molecule is CNc1nc(Nc2ccc3c(c2)CS(=O)(=O)C3)c(C(=O)OC)nc1Cl. The number of sulfone groups is 1. The molecule has 0 spiro atoms. The summed E-state index contributed by atoms with van der Waals surface area (Å²) in [5, 5.41) is 5.80. The van der Waals surface area contributed by atoms with E-state index in [-0.39, 0.29) is 28.2 Å². The number of hydrogen-bond acceptors (Lipinski definition) is 8. The summed E-state index contributed by atoms with van der Waals surface area (Å²) in [6.07, 6.45) is 0. The molecule has 0 bridgehead atoms. The Bertz CT molecular complexity index is 962. The number of nitrogens with one attached hydrogen (secondary N) is 2. The Labute approximate surface area is 149 Å². The molecule has 1 aliphatic rings. The van der Waals surface area contributed by atoms with Gasteiger partial charge in [0.1, 0.15) is 0 Å². The average Bonchev–Trinajstić information content (AvgIpc) is 2.88. The molecule has 3 rings (SSSR count). The third kappa shape index (κ3) is 3.52. The predicted octanol–water partition coefficient (Wildman–Crippen LogP) is 2.13. The van der Waals surface area contributed by atoms with Gasteiger partial charge < -0.3 is 15.4 Å². The number of ether oxygens (including phenoxy) is 1. The maximum atomic E-state index is 11.9. The number of hydrogen-bond donors (Lipinski definition) is 2. The molecule has 0 saturated heterocycles. The van der Waals surface area contributed by atoms with E-state index in [1.54, 1.807) is 25.2 Å². The number of nitrogens with zero attached hydrogens (tertiary/aromatic N) is 2. The van der Waals surface area contributed by atoms with Gasteiger partial charge in [-0.3, -0.25) is 0 Å². The van der Waals surface area contributed by atoms with Gasteiger partial charge in [0.05, 0.1) is 18.6 Å². The summed E-state index contributed by atoms with van der Waals surface area (Å²) < 4.78 is 28.2. The van der Waals surface area contributed by atoms with Crippen molar-refractivity contribution in [1.82, 2.24) is 9.97 Å². The molecule has 1 aromatic heterocycles. The van der Waals surface area contributed by atoms with E-state index in [0.29, 0.717) is 11.5 Å². The van der Waals surface area contributed by atoms with E-state index in [1.165, 1.54) is 7.11 Å². The van der Waals surface area contributed by atoms with Gasteiger partial charge in [0.2, 0.25) is 0 Å². The third-order valence-corrected chi connectivity index (χ3v) is 5.45. The molecule has 8 nitrogen and oxygen atoms in total. The lowest BCUT2D eigenvalue weighted by Crippen LogP contribution is -2.12. The highest BCUT2D eigenvalue weighted by Gasteiger charge is 2.25. The molecule has 0 aliphatic carbocycles. The van der Waals surface area contributed by atoms with Crippen molar-refractivity contribution >= 4 is 44.7 Å². The zero-order valence-electron chi connectivity index (χ0n) is 13.5. The highest BCUT2D eigenvalue weighted by Crippen LogP contribution is 2.30. The van der Waals surface area contributed by atoms with E-state index in [4.69, 9.17) is 16.3 Å². The number of anilines is 3. The average molecular weight is 383 g/mol. The number of carbonyl (C=O) groups is 1. The Balaban J connectivity index is 1.99. The maximum Gasteiger partial charge on any atom is 0.360 e. The van der Waals surface area contributed by atoms with Crippen LogP contribution in [0, 0.1) is 0 Å². The molecule has 0 fully saturated rings. The fraction of sp³-hybridized carbons (Fsp3) is 0.267. The van der Waals surface area contributed by atoms with Gasteiger partial charge in [0, 0.05) is 12.7 Å². The summed E-state index contributed by atoms with van der Waals surface area (Å²) in [7, 11) is -0.241. The molecule has 132 valence electrons. The van der Waals surface area contributed by atoms with Gasteiger partial charge in [-0.25, -0.2) is 23.2 Å². The van der Waals surface area contributed by atoms with Crippen LogP contribution in [-0.4, -0.2) is 38.5 Å². The largest absolute Gasteiger partial charge is 0.464 e. The van der Waals surface area contributed by atoms with Gasteiger partial charge in [0.15, 0.2) is 32.3 Å². The number of esters is 1. The number of methoxy groups -OCH3 is 1. The summed E-state index contributed by atoms with van der Waals surface area (Å²) in [6, 6.07) is 5.18. The normalized spacial score (nSPS) is 14.7. The summed E-state index contributed by atoms with van der Waals surface area (Å²) in [5.41, 5.74) is 2.01. The minimum absolute atomic E-state index is 0.00419. The van der Waals surface area contributed by atoms with Crippen LogP contribution in [0.5, 0.6) is 0 Å². The zero-order chi connectivity index (χ0) is 18.2. The van der Waals surface area contributed by atoms with Gasteiger partial charge in [0.25, 0.3) is 0 Å². The molecule has 25 heavy (non-hydrogen) atoms. The van der Waals surface area contributed by atoms with Crippen molar-refractivity contribution in [2.75, 3.05) is 24.8 Å². The Morgan fingerprint density at radius 1 is 1.20 bits per heavy atom. The molecule has 0 saturated carbocycles. The zero-order valence-corrected chi connectivity index (χ0v) is 15.0. The van der Waals surface area contributed by atoms with Gasteiger partial charge in [-0.05, 0) is 23.3 Å². The van der Waals surface area contributed by atoms with Crippen molar-refractivity contribution in [2.24, 2.45) is 0 Å². The minimum Gasteiger partial charge on any atom is -0.464 e. The van der Waals surface area contributed by atoms with Crippen LogP contribution >= 0.6 is 11.6 Å². The molecule has 0 radical (unpaired) electrons. The van der Waals surface area contributed by atoms with E-state index in [9.17, 15) is 13.2 Å². The molecule has 0 atom stereocenters. The summed E-state index contributed by atoms with van der Waals surface area (Å²) >= 11 is 5.98.